The summed E-state index contributed by atoms with van der Waals surface area (Å²) in [4.78, 5) is 28.5. The fourth-order valence-corrected chi connectivity index (χ4v) is 3.77. The highest BCUT2D eigenvalue weighted by Gasteiger charge is 2.26. The van der Waals surface area contributed by atoms with E-state index in [0.29, 0.717) is 19.5 Å². The maximum Gasteiger partial charge on any atom is 0.227 e. The molecule has 0 radical (unpaired) electrons. The molecule has 2 aliphatic heterocycles. The summed E-state index contributed by atoms with van der Waals surface area (Å²) >= 11 is 0. The SMILES string of the molecule is CCC(=O)N1CCC(C(=O)Nc2ccc(N3CCCCC3)cc2)CC1. The Morgan fingerprint density at radius 2 is 1.64 bits per heavy atom. The van der Waals surface area contributed by atoms with E-state index < -0.39 is 0 Å². The third kappa shape index (κ3) is 4.53. The van der Waals surface area contributed by atoms with Crippen LogP contribution in [0.25, 0.3) is 0 Å². The fraction of sp³-hybridized carbons (Fsp3) is 0.600. The lowest BCUT2D eigenvalue weighted by Crippen LogP contribution is -2.41. The standard InChI is InChI=1S/C20H29N3O2/c1-2-19(24)23-14-10-16(11-15-23)20(25)21-17-6-8-18(9-7-17)22-12-4-3-5-13-22/h6-9,16H,2-5,10-15H2,1H3,(H,21,25). The summed E-state index contributed by atoms with van der Waals surface area (Å²) in [5, 5.41) is 3.04. The van der Waals surface area contributed by atoms with E-state index in [1.807, 2.05) is 24.0 Å². The average molecular weight is 343 g/mol. The van der Waals surface area contributed by atoms with Crippen LogP contribution in [0.4, 0.5) is 11.4 Å². The van der Waals surface area contributed by atoms with Gasteiger partial charge in [0.1, 0.15) is 0 Å². The van der Waals surface area contributed by atoms with Crippen molar-refractivity contribution < 1.29 is 9.59 Å². The van der Waals surface area contributed by atoms with Gasteiger partial charge in [0.25, 0.3) is 0 Å². The Labute approximate surface area is 150 Å². The molecule has 2 heterocycles. The van der Waals surface area contributed by atoms with E-state index in [-0.39, 0.29) is 17.7 Å². The fourth-order valence-electron chi connectivity index (χ4n) is 3.77. The molecule has 5 heteroatoms. The molecule has 25 heavy (non-hydrogen) atoms. The molecule has 0 spiro atoms. The molecule has 0 unspecified atom stereocenters. The zero-order chi connectivity index (χ0) is 17.6. The number of hydrogen-bond donors (Lipinski definition) is 1. The maximum absolute atomic E-state index is 12.5. The first-order valence-electron chi connectivity index (χ1n) is 9.61. The van der Waals surface area contributed by atoms with Gasteiger partial charge in [-0.3, -0.25) is 9.59 Å². The van der Waals surface area contributed by atoms with Gasteiger partial charge in [-0.2, -0.15) is 0 Å². The van der Waals surface area contributed by atoms with Crippen LogP contribution in [0.1, 0.15) is 45.4 Å². The van der Waals surface area contributed by atoms with Crippen molar-refractivity contribution in [1.29, 1.82) is 0 Å². The molecular weight excluding hydrogens is 314 g/mol. The van der Waals surface area contributed by atoms with Crippen molar-refractivity contribution in [3.63, 3.8) is 0 Å². The third-order valence-electron chi connectivity index (χ3n) is 5.38. The van der Waals surface area contributed by atoms with Crippen LogP contribution in [0.5, 0.6) is 0 Å². The van der Waals surface area contributed by atoms with E-state index in [4.69, 9.17) is 0 Å². The smallest absolute Gasteiger partial charge is 0.227 e. The summed E-state index contributed by atoms with van der Waals surface area (Å²) in [6.45, 7) is 5.52. The summed E-state index contributed by atoms with van der Waals surface area (Å²) in [6.07, 6.45) is 5.90. The van der Waals surface area contributed by atoms with Gasteiger partial charge in [-0.25, -0.2) is 0 Å². The molecular formula is C20H29N3O2. The van der Waals surface area contributed by atoms with Gasteiger partial charge < -0.3 is 15.1 Å². The number of nitrogens with zero attached hydrogens (tertiary/aromatic N) is 2. The first kappa shape index (κ1) is 17.8. The molecule has 0 atom stereocenters. The van der Waals surface area contributed by atoms with E-state index in [2.05, 4.69) is 22.3 Å². The van der Waals surface area contributed by atoms with Crippen LogP contribution in [0.2, 0.25) is 0 Å². The lowest BCUT2D eigenvalue weighted by molar-refractivity contribution is -0.134. The van der Waals surface area contributed by atoms with Crippen LogP contribution in [0, 0.1) is 5.92 Å². The molecule has 1 aromatic carbocycles. The molecule has 0 saturated carbocycles. The van der Waals surface area contributed by atoms with Crippen molar-refractivity contribution >= 4 is 23.2 Å². The monoisotopic (exact) mass is 343 g/mol. The number of piperidine rings is 2. The van der Waals surface area contributed by atoms with Crippen LogP contribution in [0.3, 0.4) is 0 Å². The van der Waals surface area contributed by atoms with Gasteiger partial charge in [0.15, 0.2) is 0 Å². The van der Waals surface area contributed by atoms with Gasteiger partial charge in [0.2, 0.25) is 11.8 Å². The minimum Gasteiger partial charge on any atom is -0.372 e. The quantitative estimate of drug-likeness (QED) is 0.913. The molecule has 2 amide bonds. The van der Waals surface area contributed by atoms with Crippen LogP contribution in [-0.4, -0.2) is 42.9 Å². The minimum atomic E-state index is 0.00248. The highest BCUT2D eigenvalue weighted by molar-refractivity contribution is 5.93. The van der Waals surface area contributed by atoms with Crippen LogP contribution in [0.15, 0.2) is 24.3 Å². The Bertz CT molecular complexity index is 585. The van der Waals surface area contributed by atoms with Crippen molar-refractivity contribution in [2.45, 2.75) is 45.4 Å². The Hall–Kier alpha value is -2.04. The lowest BCUT2D eigenvalue weighted by Gasteiger charge is -2.31. The molecule has 5 nitrogen and oxygen atoms in total. The summed E-state index contributed by atoms with van der Waals surface area (Å²) in [5.74, 6) is 0.268. The average Bonchev–Trinajstić information content (AvgIpc) is 2.68. The van der Waals surface area contributed by atoms with Gasteiger partial charge >= 0.3 is 0 Å². The number of rotatable bonds is 4. The number of likely N-dealkylation sites (tertiary alicyclic amines) is 1. The first-order chi connectivity index (χ1) is 12.2. The largest absolute Gasteiger partial charge is 0.372 e. The molecule has 2 aliphatic rings. The number of hydrogen-bond acceptors (Lipinski definition) is 3. The van der Waals surface area contributed by atoms with E-state index in [1.54, 1.807) is 0 Å². The number of amides is 2. The zero-order valence-electron chi connectivity index (χ0n) is 15.2. The summed E-state index contributed by atoms with van der Waals surface area (Å²) in [5.41, 5.74) is 2.10. The Morgan fingerprint density at radius 3 is 2.24 bits per heavy atom. The van der Waals surface area contributed by atoms with Gasteiger partial charge in [0, 0.05) is 49.9 Å². The first-order valence-corrected chi connectivity index (χ1v) is 9.61. The molecule has 3 rings (SSSR count). The molecule has 0 aromatic heterocycles. The number of nitrogens with one attached hydrogen (secondary N) is 1. The zero-order valence-corrected chi connectivity index (χ0v) is 15.2. The summed E-state index contributed by atoms with van der Waals surface area (Å²) in [6, 6.07) is 8.20. The minimum absolute atomic E-state index is 0.00248. The molecule has 136 valence electrons. The van der Waals surface area contributed by atoms with Crippen molar-refractivity contribution in [3.05, 3.63) is 24.3 Å². The van der Waals surface area contributed by atoms with E-state index in [9.17, 15) is 9.59 Å². The highest BCUT2D eigenvalue weighted by Crippen LogP contribution is 2.23. The molecule has 1 aromatic rings. The highest BCUT2D eigenvalue weighted by atomic mass is 16.2. The second kappa shape index (κ2) is 8.37. The lowest BCUT2D eigenvalue weighted by atomic mass is 9.95. The Kier molecular flexibility index (Phi) is 5.95. The topological polar surface area (TPSA) is 52.7 Å². The van der Waals surface area contributed by atoms with E-state index >= 15 is 0 Å². The van der Waals surface area contributed by atoms with E-state index in [0.717, 1.165) is 31.6 Å². The van der Waals surface area contributed by atoms with Gasteiger partial charge in [0.05, 0.1) is 0 Å². The van der Waals surface area contributed by atoms with Crippen molar-refractivity contribution in [2.75, 3.05) is 36.4 Å². The molecule has 2 fully saturated rings. The molecule has 2 saturated heterocycles. The second-order valence-corrected chi connectivity index (χ2v) is 7.09. The second-order valence-electron chi connectivity index (χ2n) is 7.09. The van der Waals surface area contributed by atoms with Crippen LogP contribution in [-0.2, 0) is 9.59 Å². The van der Waals surface area contributed by atoms with Gasteiger partial charge in [-0.05, 0) is 56.4 Å². The molecule has 1 N–H and O–H groups in total. The summed E-state index contributed by atoms with van der Waals surface area (Å²) < 4.78 is 0. The molecule has 0 aliphatic carbocycles. The third-order valence-corrected chi connectivity index (χ3v) is 5.38. The van der Waals surface area contributed by atoms with Crippen molar-refractivity contribution in [2.24, 2.45) is 5.92 Å². The predicted octanol–water partition coefficient (Wildman–Crippen LogP) is 3.26. The van der Waals surface area contributed by atoms with Gasteiger partial charge in [-0.1, -0.05) is 6.92 Å². The predicted molar refractivity (Wildman–Crippen MR) is 101 cm³/mol. The maximum atomic E-state index is 12.5. The summed E-state index contributed by atoms with van der Waals surface area (Å²) in [7, 11) is 0. The van der Waals surface area contributed by atoms with E-state index in [1.165, 1.54) is 24.9 Å². The van der Waals surface area contributed by atoms with Gasteiger partial charge in [-0.15, -0.1) is 0 Å². The molecule has 0 bridgehead atoms. The number of benzene rings is 1. The normalized spacial score (nSPS) is 18.9. The number of carbonyl (C=O) groups is 2. The van der Waals surface area contributed by atoms with Crippen molar-refractivity contribution in [1.82, 2.24) is 4.90 Å². The number of carbonyl (C=O) groups excluding carboxylic acids is 2. The Morgan fingerprint density at radius 1 is 1.00 bits per heavy atom. The Balaban J connectivity index is 1.50. The number of anilines is 2. The van der Waals surface area contributed by atoms with Crippen LogP contribution >= 0.6 is 0 Å². The van der Waals surface area contributed by atoms with Crippen molar-refractivity contribution in [3.8, 4) is 0 Å². The van der Waals surface area contributed by atoms with Crippen LogP contribution < -0.4 is 10.2 Å².